The van der Waals surface area contributed by atoms with Gasteiger partial charge in [0.25, 0.3) is 0 Å². The third-order valence-electron chi connectivity index (χ3n) is 6.18. The number of hydrogen-bond donors (Lipinski definition) is 1. The lowest BCUT2D eigenvalue weighted by Gasteiger charge is -2.43. The molecule has 1 aromatic carbocycles. The van der Waals surface area contributed by atoms with Crippen molar-refractivity contribution in [1.82, 2.24) is 5.32 Å². The lowest BCUT2D eigenvalue weighted by molar-refractivity contribution is -0.0237. The van der Waals surface area contributed by atoms with Crippen LogP contribution in [0.4, 0.5) is 4.79 Å². The van der Waals surface area contributed by atoms with Gasteiger partial charge in [0.05, 0.1) is 27.8 Å². The van der Waals surface area contributed by atoms with Crippen LogP contribution in [-0.4, -0.2) is 29.1 Å². The first-order valence-electron chi connectivity index (χ1n) is 10.3. The van der Waals surface area contributed by atoms with Crippen molar-refractivity contribution < 1.29 is 18.2 Å². The van der Waals surface area contributed by atoms with E-state index in [0.29, 0.717) is 16.6 Å². The zero-order chi connectivity index (χ0) is 20.3. The first-order valence-corrected chi connectivity index (χ1v) is 12.0. The summed E-state index contributed by atoms with van der Waals surface area (Å²) in [4.78, 5) is 13.1. The number of amides is 1. The van der Waals surface area contributed by atoms with Gasteiger partial charge in [-0.2, -0.15) is 0 Å². The van der Waals surface area contributed by atoms with Crippen LogP contribution in [0.1, 0.15) is 44.0 Å². The average Bonchev–Trinajstić information content (AvgIpc) is 3.29. The molecule has 1 aromatic heterocycles. The summed E-state index contributed by atoms with van der Waals surface area (Å²) < 4.78 is 29.4. The summed E-state index contributed by atoms with van der Waals surface area (Å²) in [5.74, 6) is 1.28. The molecule has 6 nitrogen and oxygen atoms in total. The second-order valence-corrected chi connectivity index (χ2v) is 10.3. The summed E-state index contributed by atoms with van der Waals surface area (Å²) in [6.45, 7) is 0. The van der Waals surface area contributed by atoms with Crippen LogP contribution in [0.15, 0.2) is 62.4 Å². The molecule has 1 aliphatic carbocycles. The quantitative estimate of drug-likeness (QED) is 0.760. The molecule has 2 aromatic rings. The van der Waals surface area contributed by atoms with E-state index in [1.54, 1.807) is 13.3 Å². The monoisotopic (exact) mass is 416 g/mol. The highest BCUT2D eigenvalue weighted by Crippen LogP contribution is 2.43. The summed E-state index contributed by atoms with van der Waals surface area (Å²) >= 11 is 0. The minimum absolute atomic E-state index is 0.00885. The molecule has 1 aliphatic heterocycles. The van der Waals surface area contributed by atoms with Crippen LogP contribution >= 0.6 is 0 Å². The van der Waals surface area contributed by atoms with Crippen LogP contribution in [-0.2, 0) is 14.5 Å². The van der Waals surface area contributed by atoms with E-state index in [0.717, 1.165) is 12.8 Å². The number of alkyl carbamates (subject to hydrolysis) is 1. The van der Waals surface area contributed by atoms with Crippen molar-refractivity contribution >= 4 is 15.8 Å². The highest BCUT2D eigenvalue weighted by Gasteiger charge is 2.46. The highest BCUT2D eigenvalue weighted by molar-refractivity contribution is 7.93. The van der Waals surface area contributed by atoms with Crippen LogP contribution in [0.2, 0.25) is 0 Å². The number of carbonyl (C=O) groups is 1. The maximum absolute atomic E-state index is 13.8. The van der Waals surface area contributed by atoms with Gasteiger partial charge in [0.1, 0.15) is 5.76 Å². The molecule has 2 heterocycles. The van der Waals surface area contributed by atoms with E-state index in [2.05, 4.69) is 9.68 Å². The van der Waals surface area contributed by atoms with Crippen molar-refractivity contribution in [2.24, 2.45) is 16.2 Å². The van der Waals surface area contributed by atoms with Gasteiger partial charge < -0.3 is 14.5 Å². The van der Waals surface area contributed by atoms with E-state index in [1.807, 2.05) is 42.5 Å². The molecule has 4 rings (SSSR count). The number of nitrogens with one attached hydrogen (secondary N) is 1. The molecule has 29 heavy (non-hydrogen) atoms. The fraction of sp³-hybridized carbons (Fsp3) is 0.500. The maximum Gasteiger partial charge on any atom is 0.408 e. The fourth-order valence-electron chi connectivity index (χ4n) is 4.79. The van der Waals surface area contributed by atoms with Crippen molar-refractivity contribution in [2.45, 2.75) is 49.1 Å². The number of ether oxygens (including phenoxy) is 1. The number of cyclic esters (lactones) is 1. The topological polar surface area (TPSA) is 80.9 Å². The lowest BCUT2D eigenvalue weighted by Crippen LogP contribution is -2.54. The molecular weight excluding hydrogens is 388 g/mol. The Morgan fingerprint density at radius 2 is 1.86 bits per heavy atom. The second-order valence-electron chi connectivity index (χ2n) is 7.87. The molecule has 1 amide bonds. The van der Waals surface area contributed by atoms with E-state index >= 15 is 0 Å². The number of rotatable bonds is 5. The Bertz CT molecular complexity index is 929. The van der Waals surface area contributed by atoms with E-state index in [-0.39, 0.29) is 17.7 Å². The Hall–Kier alpha value is -2.28. The number of furan rings is 1. The number of nitrogens with zero attached hydrogens (tertiary/aromatic N) is 1. The summed E-state index contributed by atoms with van der Waals surface area (Å²) in [5.41, 5.74) is 0. The van der Waals surface area contributed by atoms with Gasteiger partial charge in [-0.1, -0.05) is 37.5 Å². The van der Waals surface area contributed by atoms with Crippen molar-refractivity contribution in [3.05, 3.63) is 54.5 Å². The van der Waals surface area contributed by atoms with E-state index in [4.69, 9.17) is 9.15 Å². The van der Waals surface area contributed by atoms with Crippen LogP contribution < -0.4 is 5.32 Å². The number of benzene rings is 1. The van der Waals surface area contributed by atoms with Crippen LogP contribution in [0.25, 0.3) is 0 Å². The average molecular weight is 417 g/mol. The van der Waals surface area contributed by atoms with E-state index in [9.17, 15) is 9.00 Å². The Kier molecular flexibility index (Phi) is 5.94. The molecule has 1 saturated heterocycles. The number of carbonyl (C=O) groups excluding carboxylic acids is 1. The molecule has 7 heteroatoms. The Balaban J connectivity index is 1.70. The van der Waals surface area contributed by atoms with Gasteiger partial charge in [-0.3, -0.25) is 0 Å². The molecule has 4 atom stereocenters. The first kappa shape index (κ1) is 20.0. The van der Waals surface area contributed by atoms with Crippen LogP contribution in [0, 0.1) is 11.8 Å². The van der Waals surface area contributed by atoms with Crippen molar-refractivity contribution in [3.8, 4) is 0 Å². The normalized spacial score (nSPS) is 27.5. The Morgan fingerprint density at radius 1 is 1.10 bits per heavy atom. The van der Waals surface area contributed by atoms with Crippen molar-refractivity contribution in [2.75, 3.05) is 12.8 Å². The zero-order valence-electron chi connectivity index (χ0n) is 16.7. The van der Waals surface area contributed by atoms with Crippen molar-refractivity contribution in [1.29, 1.82) is 0 Å². The minimum Gasteiger partial charge on any atom is -0.465 e. The van der Waals surface area contributed by atoms with Gasteiger partial charge in [0.2, 0.25) is 0 Å². The van der Waals surface area contributed by atoms with E-state index in [1.165, 1.54) is 19.3 Å². The molecule has 0 bridgehead atoms. The first-order chi connectivity index (χ1) is 14.1. The van der Waals surface area contributed by atoms with Gasteiger partial charge in [-0.25, -0.2) is 13.4 Å². The SMILES string of the molecule is CN=S(=O)(C[C@H]1NC(=O)O[C@@H](c2ccco2)[C@@H]1C1CCCCC1)c1ccccc1. The van der Waals surface area contributed by atoms with E-state index < -0.39 is 21.9 Å². The van der Waals surface area contributed by atoms with Crippen LogP contribution in [0.3, 0.4) is 0 Å². The van der Waals surface area contributed by atoms with Gasteiger partial charge in [0, 0.05) is 17.9 Å². The van der Waals surface area contributed by atoms with Gasteiger partial charge in [-0.05, 0) is 43.0 Å². The largest absolute Gasteiger partial charge is 0.465 e. The zero-order valence-corrected chi connectivity index (χ0v) is 17.5. The Morgan fingerprint density at radius 3 is 2.52 bits per heavy atom. The van der Waals surface area contributed by atoms with Crippen molar-refractivity contribution in [3.63, 3.8) is 0 Å². The summed E-state index contributed by atoms with van der Waals surface area (Å²) in [5, 5.41) is 2.97. The fourth-order valence-corrected chi connectivity index (χ4v) is 6.71. The molecule has 2 fully saturated rings. The third-order valence-corrected chi connectivity index (χ3v) is 8.59. The highest BCUT2D eigenvalue weighted by atomic mass is 32.2. The predicted octanol–water partition coefficient (Wildman–Crippen LogP) is 4.78. The summed E-state index contributed by atoms with van der Waals surface area (Å²) in [7, 11) is -1.08. The van der Waals surface area contributed by atoms with Crippen LogP contribution in [0.5, 0.6) is 0 Å². The van der Waals surface area contributed by atoms with Gasteiger partial charge in [0.15, 0.2) is 6.10 Å². The molecule has 1 N–H and O–H groups in total. The standard InChI is InChI=1S/C22H28N2O4S/c1-23-29(26,17-11-6-3-7-12-17)15-18-20(16-9-4-2-5-10-16)21(28-22(25)24-18)19-13-8-14-27-19/h3,6-8,11-14,16,18,20-21H,2,4-5,9-10,15H2,1H3,(H,24,25)/t18-,20-,21+,29?/m1/s1. The van der Waals surface area contributed by atoms with Gasteiger partial charge >= 0.3 is 6.09 Å². The molecule has 2 aliphatic rings. The molecule has 156 valence electrons. The molecule has 0 radical (unpaired) electrons. The Labute approximate surface area is 172 Å². The smallest absolute Gasteiger partial charge is 0.408 e. The maximum atomic E-state index is 13.8. The second kappa shape index (κ2) is 8.61. The molecular formula is C22H28N2O4S. The third kappa shape index (κ3) is 4.20. The molecule has 1 unspecified atom stereocenters. The molecule has 0 spiro atoms. The molecule has 1 saturated carbocycles. The minimum atomic E-state index is -2.67. The number of hydrogen-bond acceptors (Lipinski definition) is 5. The van der Waals surface area contributed by atoms with Gasteiger partial charge in [-0.15, -0.1) is 0 Å². The lowest BCUT2D eigenvalue weighted by atomic mass is 9.73. The summed E-state index contributed by atoms with van der Waals surface area (Å²) in [6.07, 6.45) is 6.36. The predicted molar refractivity (Wildman–Crippen MR) is 111 cm³/mol. The summed E-state index contributed by atoms with van der Waals surface area (Å²) in [6, 6.07) is 12.7.